The van der Waals surface area contributed by atoms with E-state index in [2.05, 4.69) is 29.0 Å². The molecule has 0 atom stereocenters. The lowest BCUT2D eigenvalue weighted by Gasteiger charge is -2.12. The molecule has 0 bridgehead atoms. The normalized spacial score (nSPS) is 13.8. The fourth-order valence-electron chi connectivity index (χ4n) is 4.40. The van der Waals surface area contributed by atoms with E-state index < -0.39 is 0 Å². The first kappa shape index (κ1) is 20.5. The lowest BCUT2D eigenvalue weighted by atomic mass is 10.1. The van der Waals surface area contributed by atoms with Crippen LogP contribution in [-0.2, 0) is 0 Å². The van der Waals surface area contributed by atoms with E-state index in [0.717, 1.165) is 17.2 Å². The summed E-state index contributed by atoms with van der Waals surface area (Å²) in [5, 5.41) is 9.04. The van der Waals surface area contributed by atoms with Crippen LogP contribution in [0.25, 0.3) is 39.4 Å². The van der Waals surface area contributed by atoms with Crippen LogP contribution in [-0.4, -0.2) is 29.3 Å². The SMILES string of the molecule is Cc1nnc(-c2cccc(-c3coc4ccc(-n5cnc(C6CC6)c5)cc4c3=O)n2)n1C(C)C. The van der Waals surface area contributed by atoms with Crippen LogP contribution in [0.3, 0.4) is 0 Å². The molecular weight excluding hydrogens is 428 g/mol. The van der Waals surface area contributed by atoms with Crippen molar-refractivity contribution in [1.29, 1.82) is 0 Å². The van der Waals surface area contributed by atoms with Gasteiger partial charge in [-0.05, 0) is 63.9 Å². The number of fused-ring (bicyclic) bond motifs is 1. The number of benzene rings is 1. The van der Waals surface area contributed by atoms with Crippen molar-refractivity contribution in [2.45, 2.75) is 45.6 Å². The van der Waals surface area contributed by atoms with Crippen LogP contribution < -0.4 is 5.43 Å². The third-order valence-corrected chi connectivity index (χ3v) is 6.29. The molecule has 1 aromatic carbocycles. The van der Waals surface area contributed by atoms with Gasteiger partial charge in [0.05, 0.1) is 28.7 Å². The largest absolute Gasteiger partial charge is 0.463 e. The van der Waals surface area contributed by atoms with E-state index >= 15 is 0 Å². The Bertz CT molecular complexity index is 1590. The van der Waals surface area contributed by atoms with Gasteiger partial charge in [-0.1, -0.05) is 6.07 Å². The molecule has 0 spiro atoms. The molecule has 0 unspecified atom stereocenters. The molecule has 34 heavy (non-hydrogen) atoms. The second-order valence-electron chi connectivity index (χ2n) is 9.08. The van der Waals surface area contributed by atoms with Gasteiger partial charge in [-0.25, -0.2) is 9.97 Å². The van der Waals surface area contributed by atoms with Crippen molar-refractivity contribution >= 4 is 11.0 Å². The van der Waals surface area contributed by atoms with Crippen LogP contribution in [0.2, 0.25) is 0 Å². The van der Waals surface area contributed by atoms with E-state index in [9.17, 15) is 4.79 Å². The molecule has 170 valence electrons. The summed E-state index contributed by atoms with van der Waals surface area (Å²) in [7, 11) is 0. The van der Waals surface area contributed by atoms with Crippen LogP contribution in [0.5, 0.6) is 0 Å². The molecule has 0 radical (unpaired) electrons. The maximum atomic E-state index is 13.5. The van der Waals surface area contributed by atoms with Gasteiger partial charge in [0.1, 0.15) is 23.4 Å². The predicted octanol–water partition coefficient (Wildman–Crippen LogP) is 5.07. The highest BCUT2D eigenvalue weighted by molar-refractivity contribution is 5.83. The van der Waals surface area contributed by atoms with Gasteiger partial charge in [-0.15, -0.1) is 10.2 Å². The Hall–Kier alpha value is -4.07. The minimum absolute atomic E-state index is 0.128. The van der Waals surface area contributed by atoms with Crippen LogP contribution in [0.1, 0.15) is 50.2 Å². The van der Waals surface area contributed by atoms with Crippen molar-refractivity contribution in [2.75, 3.05) is 0 Å². The summed E-state index contributed by atoms with van der Waals surface area (Å²) in [5.41, 5.74) is 3.98. The Morgan fingerprint density at radius 2 is 1.91 bits per heavy atom. The summed E-state index contributed by atoms with van der Waals surface area (Å²) in [6.07, 6.45) is 7.72. The van der Waals surface area contributed by atoms with Crippen LogP contribution >= 0.6 is 0 Å². The maximum absolute atomic E-state index is 13.5. The second kappa shape index (κ2) is 7.76. The van der Waals surface area contributed by atoms with Gasteiger partial charge >= 0.3 is 0 Å². The first-order chi connectivity index (χ1) is 16.5. The Balaban J connectivity index is 1.43. The molecule has 6 rings (SSSR count). The fourth-order valence-corrected chi connectivity index (χ4v) is 4.40. The van der Waals surface area contributed by atoms with Crippen molar-refractivity contribution in [3.05, 3.63) is 76.9 Å². The molecule has 0 N–H and O–H groups in total. The number of aryl methyl sites for hydroxylation is 1. The monoisotopic (exact) mass is 452 g/mol. The maximum Gasteiger partial charge on any atom is 0.202 e. The Morgan fingerprint density at radius 3 is 2.71 bits per heavy atom. The summed E-state index contributed by atoms with van der Waals surface area (Å²) < 4.78 is 9.82. The zero-order valence-corrected chi connectivity index (χ0v) is 19.3. The van der Waals surface area contributed by atoms with E-state index in [1.165, 1.54) is 19.1 Å². The zero-order chi connectivity index (χ0) is 23.4. The second-order valence-corrected chi connectivity index (χ2v) is 9.08. The average molecular weight is 453 g/mol. The first-order valence-electron chi connectivity index (χ1n) is 11.5. The summed E-state index contributed by atoms with van der Waals surface area (Å²) in [6.45, 7) is 6.07. The smallest absolute Gasteiger partial charge is 0.202 e. The minimum atomic E-state index is -0.128. The summed E-state index contributed by atoms with van der Waals surface area (Å²) >= 11 is 0. The van der Waals surface area contributed by atoms with Gasteiger partial charge in [0.15, 0.2) is 5.82 Å². The molecule has 1 aliphatic rings. The molecule has 8 heteroatoms. The van der Waals surface area contributed by atoms with E-state index in [4.69, 9.17) is 9.40 Å². The van der Waals surface area contributed by atoms with Crippen molar-refractivity contribution in [2.24, 2.45) is 0 Å². The van der Waals surface area contributed by atoms with Crippen molar-refractivity contribution in [3.8, 4) is 28.5 Å². The molecule has 0 aliphatic heterocycles. The Labute approximate surface area is 195 Å². The van der Waals surface area contributed by atoms with Gasteiger partial charge < -0.3 is 13.6 Å². The van der Waals surface area contributed by atoms with E-state index in [-0.39, 0.29) is 11.5 Å². The van der Waals surface area contributed by atoms with Crippen molar-refractivity contribution in [3.63, 3.8) is 0 Å². The minimum Gasteiger partial charge on any atom is -0.463 e. The molecule has 8 nitrogen and oxygen atoms in total. The molecule has 4 aromatic heterocycles. The third kappa shape index (κ3) is 3.42. The van der Waals surface area contributed by atoms with Gasteiger partial charge in [0, 0.05) is 23.8 Å². The first-order valence-corrected chi connectivity index (χ1v) is 11.5. The quantitative estimate of drug-likeness (QED) is 0.370. The van der Waals surface area contributed by atoms with Crippen molar-refractivity contribution in [1.82, 2.24) is 29.3 Å². The number of pyridine rings is 1. The predicted molar refractivity (Wildman–Crippen MR) is 129 cm³/mol. The lowest BCUT2D eigenvalue weighted by Crippen LogP contribution is -2.08. The topological polar surface area (TPSA) is 91.6 Å². The van der Waals surface area contributed by atoms with Gasteiger partial charge in [-0.3, -0.25) is 4.79 Å². The van der Waals surface area contributed by atoms with E-state index in [1.54, 1.807) is 6.33 Å². The van der Waals surface area contributed by atoms with Crippen LogP contribution in [0, 0.1) is 6.92 Å². The lowest BCUT2D eigenvalue weighted by molar-refractivity contribution is 0.586. The molecular formula is C26H24N6O2. The molecule has 5 aromatic rings. The van der Waals surface area contributed by atoms with Gasteiger partial charge in [0.2, 0.25) is 5.43 Å². The van der Waals surface area contributed by atoms with Gasteiger partial charge in [0.25, 0.3) is 0 Å². The Kier molecular flexibility index (Phi) is 4.69. The summed E-state index contributed by atoms with van der Waals surface area (Å²) in [4.78, 5) is 22.8. The molecule has 1 saturated carbocycles. The van der Waals surface area contributed by atoms with Crippen molar-refractivity contribution < 1.29 is 4.42 Å². The van der Waals surface area contributed by atoms with Crippen LogP contribution in [0.15, 0.2) is 64.4 Å². The molecule has 0 saturated heterocycles. The fraction of sp³-hybridized carbons (Fsp3) is 0.269. The number of rotatable bonds is 5. The number of hydrogen-bond donors (Lipinski definition) is 0. The van der Waals surface area contributed by atoms with E-state index in [0.29, 0.717) is 39.7 Å². The Morgan fingerprint density at radius 1 is 1.09 bits per heavy atom. The molecule has 1 aliphatic carbocycles. The third-order valence-electron chi connectivity index (χ3n) is 6.29. The highest BCUT2D eigenvalue weighted by Crippen LogP contribution is 2.39. The average Bonchev–Trinajstić information content (AvgIpc) is 3.43. The zero-order valence-electron chi connectivity index (χ0n) is 19.3. The molecule has 4 heterocycles. The van der Waals surface area contributed by atoms with E-state index in [1.807, 2.05) is 58.7 Å². The van der Waals surface area contributed by atoms with Crippen LogP contribution in [0.4, 0.5) is 0 Å². The molecule has 1 fully saturated rings. The van der Waals surface area contributed by atoms with Gasteiger partial charge in [-0.2, -0.15) is 0 Å². The standard InChI is InChI=1S/C26H24N6O2/c1-15(2)32-16(3)29-30-26(32)22-6-4-5-21(28-22)20-13-34-24-10-9-18(11-19(24)25(20)33)31-12-23(27-14-31)17-7-8-17/h4-6,9-15,17H,7-8H2,1-3H3. The number of imidazole rings is 1. The number of nitrogens with zero attached hydrogens (tertiary/aromatic N) is 6. The highest BCUT2D eigenvalue weighted by atomic mass is 16.3. The number of hydrogen-bond acceptors (Lipinski definition) is 6. The molecule has 0 amide bonds. The number of aromatic nitrogens is 6. The summed E-state index contributed by atoms with van der Waals surface area (Å²) in [5.74, 6) is 2.06. The summed E-state index contributed by atoms with van der Waals surface area (Å²) in [6, 6.07) is 11.4. The highest BCUT2D eigenvalue weighted by Gasteiger charge is 2.26.